The maximum atomic E-state index is 4.57. The van der Waals surface area contributed by atoms with E-state index in [1.165, 1.54) is 6.33 Å². The van der Waals surface area contributed by atoms with Crippen LogP contribution >= 0.6 is 11.8 Å². The van der Waals surface area contributed by atoms with E-state index >= 15 is 0 Å². The van der Waals surface area contributed by atoms with Gasteiger partial charge in [0.15, 0.2) is 5.82 Å². The van der Waals surface area contributed by atoms with Gasteiger partial charge >= 0.3 is 0 Å². The summed E-state index contributed by atoms with van der Waals surface area (Å²) in [7, 11) is 0. The Hall–Kier alpha value is -2.34. The summed E-state index contributed by atoms with van der Waals surface area (Å²) in [5.41, 5.74) is 2.78. The van der Waals surface area contributed by atoms with Crippen LogP contribution in [0.1, 0.15) is 11.3 Å². The molecule has 3 aromatic heterocycles. The van der Waals surface area contributed by atoms with Crippen molar-refractivity contribution < 1.29 is 0 Å². The van der Waals surface area contributed by atoms with Crippen LogP contribution in [0, 0.1) is 6.92 Å². The molecule has 104 valence electrons. The third-order valence-corrected chi connectivity index (χ3v) is 3.71. The van der Waals surface area contributed by atoms with Gasteiger partial charge in [0.1, 0.15) is 17.0 Å². The van der Waals surface area contributed by atoms with E-state index in [1.54, 1.807) is 18.0 Å². The summed E-state index contributed by atoms with van der Waals surface area (Å²) in [5, 5.41) is 0.923. The molecule has 5 nitrogen and oxygen atoms in total. The number of nitrogens with zero attached hydrogens (tertiary/aromatic N) is 5. The highest BCUT2D eigenvalue weighted by Gasteiger charge is 2.06. The summed E-state index contributed by atoms with van der Waals surface area (Å²) < 4.78 is 0. The molecule has 6 heteroatoms. The molecule has 0 amide bonds. The van der Waals surface area contributed by atoms with E-state index in [4.69, 9.17) is 0 Å². The lowest BCUT2D eigenvalue weighted by atomic mass is 10.3. The lowest BCUT2D eigenvalue weighted by molar-refractivity contribution is 1.00. The molecule has 0 N–H and O–H groups in total. The van der Waals surface area contributed by atoms with E-state index in [0.717, 1.165) is 27.7 Å². The second kappa shape index (κ2) is 6.41. The molecule has 0 saturated heterocycles. The molecular formula is C15H13N5S. The molecule has 0 aliphatic rings. The zero-order chi connectivity index (χ0) is 14.5. The lowest BCUT2D eigenvalue weighted by Gasteiger charge is -2.05. The van der Waals surface area contributed by atoms with Crippen molar-refractivity contribution in [2.45, 2.75) is 17.7 Å². The molecular weight excluding hydrogens is 282 g/mol. The second-order valence-corrected chi connectivity index (χ2v) is 5.42. The van der Waals surface area contributed by atoms with Crippen LogP contribution in [0.3, 0.4) is 0 Å². The Bertz CT molecular complexity index is 719. The van der Waals surface area contributed by atoms with Crippen molar-refractivity contribution in [1.29, 1.82) is 0 Å². The van der Waals surface area contributed by atoms with Crippen LogP contribution in [0.2, 0.25) is 0 Å². The maximum Gasteiger partial charge on any atom is 0.179 e. The smallest absolute Gasteiger partial charge is 0.179 e. The van der Waals surface area contributed by atoms with E-state index in [9.17, 15) is 0 Å². The summed E-state index contributed by atoms with van der Waals surface area (Å²) in [6.45, 7) is 1.96. The van der Waals surface area contributed by atoms with Crippen molar-refractivity contribution >= 4 is 11.8 Å². The van der Waals surface area contributed by atoms with Crippen LogP contribution in [-0.4, -0.2) is 24.9 Å². The minimum atomic E-state index is 0.655. The number of hydrogen-bond acceptors (Lipinski definition) is 6. The first kappa shape index (κ1) is 13.6. The third kappa shape index (κ3) is 3.61. The molecule has 0 fully saturated rings. The predicted octanol–water partition coefficient (Wildman–Crippen LogP) is 2.93. The van der Waals surface area contributed by atoms with Crippen molar-refractivity contribution in [3.05, 3.63) is 60.4 Å². The molecule has 3 aromatic rings. The van der Waals surface area contributed by atoms with Gasteiger partial charge in [-0.05, 0) is 30.7 Å². The Kier molecular flexibility index (Phi) is 4.16. The van der Waals surface area contributed by atoms with E-state index in [-0.39, 0.29) is 0 Å². The van der Waals surface area contributed by atoms with Crippen LogP contribution in [0.4, 0.5) is 0 Å². The number of aryl methyl sites for hydroxylation is 1. The zero-order valence-corrected chi connectivity index (χ0v) is 12.3. The molecule has 3 heterocycles. The number of aromatic nitrogens is 5. The number of pyridine rings is 1. The monoisotopic (exact) mass is 295 g/mol. The highest BCUT2D eigenvalue weighted by Crippen LogP contribution is 2.23. The lowest BCUT2D eigenvalue weighted by Crippen LogP contribution is -1.96. The van der Waals surface area contributed by atoms with Crippen LogP contribution in [0.15, 0.2) is 54.2 Å². The Balaban J connectivity index is 1.82. The summed E-state index contributed by atoms with van der Waals surface area (Å²) in [6, 6.07) is 7.70. The van der Waals surface area contributed by atoms with Gasteiger partial charge in [0.2, 0.25) is 0 Å². The van der Waals surface area contributed by atoms with Gasteiger partial charge in [-0.15, -0.1) is 11.8 Å². The predicted molar refractivity (Wildman–Crippen MR) is 81.6 cm³/mol. The first-order chi connectivity index (χ1) is 10.3. The first-order valence-corrected chi connectivity index (χ1v) is 7.43. The van der Waals surface area contributed by atoms with Crippen molar-refractivity contribution in [3.8, 4) is 11.5 Å². The summed E-state index contributed by atoms with van der Waals surface area (Å²) in [6.07, 6.45) is 6.90. The molecule has 0 aliphatic heterocycles. The van der Waals surface area contributed by atoms with E-state index in [2.05, 4.69) is 24.9 Å². The number of rotatable bonds is 4. The average molecular weight is 295 g/mol. The molecule has 0 aliphatic carbocycles. The fraction of sp³-hybridized carbons (Fsp3) is 0.133. The fourth-order valence-electron chi connectivity index (χ4n) is 1.78. The second-order valence-electron chi connectivity index (χ2n) is 4.42. The Labute approximate surface area is 126 Å². The van der Waals surface area contributed by atoms with E-state index in [1.807, 2.05) is 43.6 Å². The molecule has 0 saturated carbocycles. The van der Waals surface area contributed by atoms with Gasteiger partial charge in [-0.2, -0.15) is 0 Å². The summed E-state index contributed by atoms with van der Waals surface area (Å²) in [4.78, 5) is 21.3. The average Bonchev–Trinajstić information content (AvgIpc) is 2.54. The van der Waals surface area contributed by atoms with Crippen molar-refractivity contribution in [3.63, 3.8) is 0 Å². The quantitative estimate of drug-likeness (QED) is 0.544. The minimum Gasteiger partial charge on any atom is -0.253 e. The van der Waals surface area contributed by atoms with Gasteiger partial charge in [0.05, 0.1) is 0 Å². The molecule has 0 bridgehead atoms. The standard InChI is InChI=1S/C15H13N5S/c1-11-6-14(21-9-12-7-16-10-17-8-12)20-15(19-11)13-4-2-3-5-18-13/h2-8,10H,9H2,1H3. The normalized spacial score (nSPS) is 10.5. The van der Waals surface area contributed by atoms with Crippen LogP contribution in [-0.2, 0) is 5.75 Å². The summed E-state index contributed by atoms with van der Waals surface area (Å²) >= 11 is 1.64. The van der Waals surface area contributed by atoms with Gasteiger partial charge in [-0.3, -0.25) is 4.98 Å². The summed E-state index contributed by atoms with van der Waals surface area (Å²) in [5.74, 6) is 1.43. The van der Waals surface area contributed by atoms with Gasteiger partial charge in [-0.1, -0.05) is 6.07 Å². The van der Waals surface area contributed by atoms with Gasteiger partial charge in [0.25, 0.3) is 0 Å². The van der Waals surface area contributed by atoms with E-state index in [0.29, 0.717) is 5.82 Å². The molecule has 0 radical (unpaired) electrons. The Morgan fingerprint density at radius 3 is 2.71 bits per heavy atom. The molecule has 3 rings (SSSR count). The number of thioether (sulfide) groups is 1. The Morgan fingerprint density at radius 2 is 1.95 bits per heavy atom. The van der Waals surface area contributed by atoms with Crippen LogP contribution in [0.5, 0.6) is 0 Å². The Morgan fingerprint density at radius 1 is 1.10 bits per heavy atom. The highest BCUT2D eigenvalue weighted by molar-refractivity contribution is 7.98. The minimum absolute atomic E-state index is 0.655. The van der Waals surface area contributed by atoms with Crippen LogP contribution < -0.4 is 0 Å². The molecule has 0 unspecified atom stereocenters. The van der Waals surface area contributed by atoms with Crippen molar-refractivity contribution in [2.24, 2.45) is 0 Å². The van der Waals surface area contributed by atoms with Gasteiger partial charge in [-0.25, -0.2) is 19.9 Å². The largest absolute Gasteiger partial charge is 0.253 e. The SMILES string of the molecule is Cc1cc(SCc2cncnc2)nc(-c2ccccn2)n1. The highest BCUT2D eigenvalue weighted by atomic mass is 32.2. The van der Waals surface area contributed by atoms with E-state index < -0.39 is 0 Å². The fourth-order valence-corrected chi connectivity index (χ4v) is 2.65. The van der Waals surface area contributed by atoms with Gasteiger partial charge < -0.3 is 0 Å². The molecule has 0 atom stereocenters. The van der Waals surface area contributed by atoms with Crippen molar-refractivity contribution in [2.75, 3.05) is 0 Å². The van der Waals surface area contributed by atoms with Crippen molar-refractivity contribution in [1.82, 2.24) is 24.9 Å². The maximum absolute atomic E-state index is 4.57. The van der Waals surface area contributed by atoms with Gasteiger partial charge in [0, 0.05) is 30.0 Å². The topological polar surface area (TPSA) is 64.5 Å². The molecule has 0 spiro atoms. The zero-order valence-electron chi connectivity index (χ0n) is 11.5. The molecule has 21 heavy (non-hydrogen) atoms. The van der Waals surface area contributed by atoms with Crippen LogP contribution in [0.25, 0.3) is 11.5 Å². The molecule has 0 aromatic carbocycles. The third-order valence-electron chi connectivity index (χ3n) is 2.73. The number of hydrogen-bond donors (Lipinski definition) is 0. The first-order valence-electron chi connectivity index (χ1n) is 6.45.